The zero-order chi connectivity index (χ0) is 17.2. The third kappa shape index (κ3) is 4.02. The molecule has 0 amide bonds. The summed E-state index contributed by atoms with van der Waals surface area (Å²) in [6.07, 6.45) is 5.03. The van der Waals surface area contributed by atoms with Gasteiger partial charge in [0.1, 0.15) is 0 Å². The third-order valence-corrected chi connectivity index (χ3v) is 5.44. The van der Waals surface area contributed by atoms with E-state index >= 15 is 0 Å². The molecule has 1 aromatic carbocycles. The molecule has 0 aliphatic heterocycles. The summed E-state index contributed by atoms with van der Waals surface area (Å²) in [6.45, 7) is 3.26. The van der Waals surface area contributed by atoms with Gasteiger partial charge in [0.25, 0.3) is 0 Å². The second-order valence-electron chi connectivity index (χ2n) is 6.67. The van der Waals surface area contributed by atoms with Gasteiger partial charge >= 0.3 is 0 Å². The highest BCUT2D eigenvalue weighted by Gasteiger charge is 2.59. The minimum Gasteiger partial charge on any atom is -0.505 e. The molecule has 2 aliphatic rings. The van der Waals surface area contributed by atoms with E-state index in [1.54, 1.807) is 13.1 Å². The number of aromatic hydroxyl groups is 1. The maximum absolute atomic E-state index is 13.4. The molecule has 0 radical (unpaired) electrons. The monoisotopic (exact) mass is 463 g/mol. The van der Waals surface area contributed by atoms with Crippen molar-refractivity contribution in [3.05, 3.63) is 29.6 Å². The van der Waals surface area contributed by atoms with Crippen LogP contribution in [0.25, 0.3) is 0 Å². The molecule has 5 nitrogen and oxygen atoms in total. The van der Waals surface area contributed by atoms with Gasteiger partial charge in [0.15, 0.2) is 17.5 Å². The summed E-state index contributed by atoms with van der Waals surface area (Å²) in [5, 5.41) is 16.0. The molecule has 0 bridgehead atoms. The Bertz CT molecular complexity index is 622. The largest absolute Gasteiger partial charge is 0.505 e. The van der Waals surface area contributed by atoms with E-state index in [1.807, 2.05) is 6.92 Å². The molecule has 0 heterocycles. The molecule has 1 spiro atoms. The lowest BCUT2D eigenvalue weighted by atomic mass is 9.51. The summed E-state index contributed by atoms with van der Waals surface area (Å²) in [4.78, 5) is 4.27. The van der Waals surface area contributed by atoms with Crippen LogP contribution in [-0.2, 0) is 11.3 Å². The number of hydrogen-bond donors (Lipinski definition) is 3. The van der Waals surface area contributed by atoms with E-state index in [0.29, 0.717) is 18.7 Å². The highest BCUT2D eigenvalue weighted by atomic mass is 127. The van der Waals surface area contributed by atoms with Crippen LogP contribution < -0.4 is 10.6 Å². The second-order valence-corrected chi connectivity index (χ2v) is 6.67. The zero-order valence-electron chi connectivity index (χ0n) is 14.7. The van der Waals surface area contributed by atoms with Crippen LogP contribution in [0, 0.1) is 11.2 Å². The maximum Gasteiger partial charge on any atom is 0.191 e. The number of hydrogen-bond acceptors (Lipinski definition) is 3. The number of benzene rings is 1. The van der Waals surface area contributed by atoms with Crippen LogP contribution in [0.3, 0.4) is 0 Å². The van der Waals surface area contributed by atoms with Crippen LogP contribution in [0.15, 0.2) is 23.2 Å². The second kappa shape index (κ2) is 8.53. The van der Waals surface area contributed by atoms with Crippen molar-refractivity contribution >= 4 is 29.9 Å². The van der Waals surface area contributed by atoms with Crippen LogP contribution in [0.4, 0.5) is 4.39 Å². The van der Waals surface area contributed by atoms with Crippen molar-refractivity contribution < 1.29 is 14.2 Å². The van der Waals surface area contributed by atoms with Crippen LogP contribution in [-0.4, -0.2) is 36.9 Å². The average Bonchev–Trinajstić information content (AvgIpc) is 2.51. The van der Waals surface area contributed by atoms with Gasteiger partial charge in [0, 0.05) is 31.7 Å². The van der Waals surface area contributed by atoms with Crippen molar-refractivity contribution in [3.63, 3.8) is 0 Å². The zero-order valence-corrected chi connectivity index (χ0v) is 17.0. The molecule has 1 aromatic rings. The molecule has 2 atom stereocenters. The average molecular weight is 463 g/mol. The van der Waals surface area contributed by atoms with Crippen LogP contribution >= 0.6 is 24.0 Å². The molecule has 2 fully saturated rings. The van der Waals surface area contributed by atoms with Gasteiger partial charge in [0.2, 0.25) is 0 Å². The molecule has 3 N–H and O–H groups in total. The minimum absolute atomic E-state index is 0. The summed E-state index contributed by atoms with van der Waals surface area (Å²) in [6, 6.07) is 4.77. The number of halogens is 2. The Hall–Kier alpha value is -1.09. The smallest absolute Gasteiger partial charge is 0.191 e. The number of rotatable bonds is 5. The first kappa shape index (κ1) is 20.2. The molecule has 7 heteroatoms. The highest BCUT2D eigenvalue weighted by molar-refractivity contribution is 14.0. The fraction of sp³-hybridized carbons (Fsp3) is 0.611. The lowest BCUT2D eigenvalue weighted by molar-refractivity contribution is -0.168. The summed E-state index contributed by atoms with van der Waals surface area (Å²) in [5.74, 6) is -0.219. The minimum atomic E-state index is -0.607. The van der Waals surface area contributed by atoms with Gasteiger partial charge in [-0.2, -0.15) is 0 Å². The standard InChI is InChI=1S/C18H26FN3O2.HI/c1-3-24-16-10-15(18(16)7-4-8-18)22-17(20-2)21-11-12-5-6-14(23)13(19)9-12;/h5-6,9,15-16,23H,3-4,7-8,10-11H2,1-2H3,(H2,20,21,22);1H. The fourth-order valence-electron chi connectivity index (χ4n) is 3.85. The first-order valence-corrected chi connectivity index (χ1v) is 8.65. The van der Waals surface area contributed by atoms with E-state index in [-0.39, 0.29) is 35.1 Å². The third-order valence-electron chi connectivity index (χ3n) is 5.44. The molecule has 2 aliphatic carbocycles. The SMILES string of the molecule is CCOC1CC(NC(=NC)NCc2ccc(O)c(F)c2)C12CCC2.I. The lowest BCUT2D eigenvalue weighted by Gasteiger charge is -2.61. The van der Waals surface area contributed by atoms with Crippen LogP contribution in [0.5, 0.6) is 5.75 Å². The van der Waals surface area contributed by atoms with Gasteiger partial charge in [-0.3, -0.25) is 4.99 Å². The summed E-state index contributed by atoms with van der Waals surface area (Å²) in [7, 11) is 1.73. The Kier molecular flexibility index (Phi) is 6.90. The Morgan fingerprint density at radius 3 is 2.76 bits per heavy atom. The Labute approximate surface area is 165 Å². The molecule has 0 aromatic heterocycles. The number of nitrogens with zero attached hydrogens (tertiary/aromatic N) is 1. The van der Waals surface area contributed by atoms with E-state index in [2.05, 4.69) is 15.6 Å². The first-order valence-electron chi connectivity index (χ1n) is 8.65. The predicted octanol–water partition coefficient (Wildman–Crippen LogP) is 3.16. The van der Waals surface area contributed by atoms with E-state index in [0.717, 1.165) is 24.6 Å². The van der Waals surface area contributed by atoms with Crippen molar-refractivity contribution in [2.24, 2.45) is 10.4 Å². The van der Waals surface area contributed by atoms with Gasteiger partial charge < -0.3 is 20.5 Å². The lowest BCUT2D eigenvalue weighted by Crippen LogP contribution is -2.68. The quantitative estimate of drug-likeness (QED) is 0.357. The molecule has 2 saturated carbocycles. The number of nitrogens with one attached hydrogen (secondary N) is 2. The normalized spacial score (nSPS) is 24.0. The van der Waals surface area contributed by atoms with Gasteiger partial charge in [-0.05, 0) is 43.9 Å². The maximum atomic E-state index is 13.4. The van der Waals surface area contributed by atoms with E-state index in [1.165, 1.54) is 31.4 Å². The van der Waals surface area contributed by atoms with E-state index < -0.39 is 5.82 Å². The van der Waals surface area contributed by atoms with Gasteiger partial charge in [0.05, 0.1) is 6.10 Å². The summed E-state index contributed by atoms with van der Waals surface area (Å²) < 4.78 is 19.3. The topological polar surface area (TPSA) is 65.9 Å². The van der Waals surface area contributed by atoms with Gasteiger partial charge in [-0.1, -0.05) is 12.5 Å². The number of guanidine groups is 1. The Balaban J connectivity index is 0.00000225. The van der Waals surface area contributed by atoms with Crippen LogP contribution in [0.2, 0.25) is 0 Å². The van der Waals surface area contributed by atoms with Crippen molar-refractivity contribution in [2.75, 3.05) is 13.7 Å². The van der Waals surface area contributed by atoms with Crippen molar-refractivity contribution in [1.29, 1.82) is 0 Å². The molecular weight excluding hydrogens is 436 g/mol. The summed E-state index contributed by atoms with van der Waals surface area (Å²) >= 11 is 0. The molecule has 2 unspecified atom stereocenters. The first-order chi connectivity index (χ1) is 11.6. The highest BCUT2D eigenvalue weighted by Crippen LogP contribution is 2.57. The number of ether oxygens (including phenoxy) is 1. The number of phenolic OH excluding ortho intramolecular Hbond substituents is 1. The Morgan fingerprint density at radius 2 is 2.20 bits per heavy atom. The predicted molar refractivity (Wildman–Crippen MR) is 107 cm³/mol. The van der Waals surface area contributed by atoms with Gasteiger partial charge in [-0.15, -0.1) is 24.0 Å². The molecule has 3 rings (SSSR count). The van der Waals surface area contributed by atoms with Gasteiger partial charge in [-0.25, -0.2) is 4.39 Å². The number of aliphatic imine (C=N–C) groups is 1. The van der Waals surface area contributed by atoms with Crippen molar-refractivity contribution in [1.82, 2.24) is 10.6 Å². The van der Waals surface area contributed by atoms with Crippen LogP contribution in [0.1, 0.15) is 38.2 Å². The molecular formula is C18H27FIN3O2. The Morgan fingerprint density at radius 1 is 1.44 bits per heavy atom. The van der Waals surface area contributed by atoms with Crippen molar-refractivity contribution in [2.45, 2.75) is 51.3 Å². The van der Waals surface area contributed by atoms with E-state index in [4.69, 9.17) is 4.74 Å². The molecule has 140 valence electrons. The summed E-state index contributed by atoms with van der Waals surface area (Å²) in [5.41, 5.74) is 1.02. The molecule has 25 heavy (non-hydrogen) atoms. The fourth-order valence-corrected chi connectivity index (χ4v) is 3.85. The molecule has 0 saturated heterocycles. The number of phenols is 1. The van der Waals surface area contributed by atoms with E-state index in [9.17, 15) is 9.50 Å². The van der Waals surface area contributed by atoms with Crippen molar-refractivity contribution in [3.8, 4) is 5.75 Å².